The molecule has 0 aliphatic heterocycles. The molecule has 0 aliphatic carbocycles. The minimum atomic E-state index is -3.42. The zero-order chi connectivity index (χ0) is 17.5. The van der Waals surface area contributed by atoms with E-state index in [1.165, 1.54) is 11.4 Å². The van der Waals surface area contributed by atoms with Crippen molar-refractivity contribution in [2.24, 2.45) is 0 Å². The molecule has 23 heavy (non-hydrogen) atoms. The van der Waals surface area contributed by atoms with Gasteiger partial charge in [0, 0.05) is 25.1 Å². The van der Waals surface area contributed by atoms with Crippen LogP contribution in [-0.4, -0.2) is 40.3 Å². The predicted octanol–water partition coefficient (Wildman–Crippen LogP) is 2.16. The smallest absolute Gasteiger partial charge is 0.232 e. The molecule has 130 valence electrons. The van der Waals surface area contributed by atoms with Crippen molar-refractivity contribution in [3.05, 3.63) is 24.3 Å². The van der Waals surface area contributed by atoms with E-state index in [1.807, 2.05) is 13.8 Å². The second-order valence-electron chi connectivity index (χ2n) is 5.52. The minimum Gasteiger partial charge on any atom is -0.497 e. The van der Waals surface area contributed by atoms with Crippen LogP contribution in [0, 0.1) is 0 Å². The van der Waals surface area contributed by atoms with Crippen LogP contribution in [0.2, 0.25) is 0 Å². The number of amides is 1. The molecule has 0 saturated carbocycles. The Morgan fingerprint density at radius 2 is 2.09 bits per heavy atom. The van der Waals surface area contributed by atoms with Crippen molar-refractivity contribution in [3.8, 4) is 5.75 Å². The van der Waals surface area contributed by atoms with Crippen LogP contribution in [0.5, 0.6) is 5.75 Å². The Morgan fingerprint density at radius 3 is 2.65 bits per heavy atom. The van der Waals surface area contributed by atoms with Gasteiger partial charge in [-0.15, -0.1) is 0 Å². The third-order valence-electron chi connectivity index (χ3n) is 3.53. The normalized spacial score (nSPS) is 12.5. The van der Waals surface area contributed by atoms with E-state index in [9.17, 15) is 13.2 Å². The van der Waals surface area contributed by atoms with Gasteiger partial charge >= 0.3 is 0 Å². The van der Waals surface area contributed by atoms with Crippen LogP contribution in [0.4, 0.5) is 5.69 Å². The van der Waals surface area contributed by atoms with Gasteiger partial charge in [0.1, 0.15) is 5.75 Å². The Hall–Kier alpha value is -1.76. The lowest BCUT2D eigenvalue weighted by Crippen LogP contribution is -2.34. The molecule has 0 spiro atoms. The molecule has 6 nitrogen and oxygen atoms in total. The summed E-state index contributed by atoms with van der Waals surface area (Å²) >= 11 is 0. The number of carbonyl (C=O) groups is 1. The Kier molecular flexibility index (Phi) is 7.35. The maximum absolute atomic E-state index is 12.0. The molecule has 0 unspecified atom stereocenters. The molecule has 1 aromatic rings. The van der Waals surface area contributed by atoms with Gasteiger partial charge in [0.05, 0.1) is 19.1 Å². The summed E-state index contributed by atoms with van der Waals surface area (Å²) in [4.78, 5) is 11.8. The van der Waals surface area contributed by atoms with Crippen LogP contribution in [-0.2, 0) is 14.8 Å². The summed E-state index contributed by atoms with van der Waals surface area (Å²) < 4.78 is 30.5. The standard InChI is InChI=1S/C16H26N2O4S/c1-5-13(2)17-16(19)10-7-11-18(23(4,20)21)14-8-6-9-15(12-14)22-3/h6,8-9,12-13H,5,7,10-11H2,1-4H3,(H,17,19)/t13-/m1/s1. The lowest BCUT2D eigenvalue weighted by Gasteiger charge is -2.23. The highest BCUT2D eigenvalue weighted by atomic mass is 32.2. The van der Waals surface area contributed by atoms with Gasteiger partial charge in [-0.2, -0.15) is 0 Å². The van der Waals surface area contributed by atoms with Gasteiger partial charge in [-0.05, 0) is 31.9 Å². The second kappa shape index (κ2) is 8.76. The first-order valence-electron chi connectivity index (χ1n) is 7.69. The van der Waals surface area contributed by atoms with Crippen molar-refractivity contribution >= 4 is 21.6 Å². The second-order valence-corrected chi connectivity index (χ2v) is 7.42. The van der Waals surface area contributed by atoms with E-state index in [4.69, 9.17) is 4.74 Å². The topological polar surface area (TPSA) is 75.7 Å². The van der Waals surface area contributed by atoms with Crippen molar-refractivity contribution in [1.82, 2.24) is 5.32 Å². The number of methoxy groups -OCH3 is 1. The summed E-state index contributed by atoms with van der Waals surface area (Å²) in [5.41, 5.74) is 0.536. The highest BCUT2D eigenvalue weighted by molar-refractivity contribution is 7.92. The van der Waals surface area contributed by atoms with E-state index in [1.54, 1.807) is 24.3 Å². The minimum absolute atomic E-state index is 0.0570. The molecule has 7 heteroatoms. The van der Waals surface area contributed by atoms with Crippen LogP contribution in [0.3, 0.4) is 0 Å². The van der Waals surface area contributed by atoms with Crippen LogP contribution in [0.15, 0.2) is 24.3 Å². The van der Waals surface area contributed by atoms with Gasteiger partial charge in [0.2, 0.25) is 15.9 Å². The molecule has 1 amide bonds. The molecular weight excluding hydrogens is 316 g/mol. The summed E-state index contributed by atoms with van der Waals surface area (Å²) in [5.74, 6) is 0.532. The Morgan fingerprint density at radius 1 is 1.39 bits per heavy atom. The van der Waals surface area contributed by atoms with E-state index < -0.39 is 10.0 Å². The molecule has 1 atom stereocenters. The van der Waals surface area contributed by atoms with Crippen molar-refractivity contribution < 1.29 is 17.9 Å². The maximum atomic E-state index is 12.0. The summed E-state index contributed by atoms with van der Waals surface area (Å²) in [5, 5.41) is 2.87. The van der Waals surface area contributed by atoms with Gasteiger partial charge in [0.15, 0.2) is 0 Å². The van der Waals surface area contributed by atoms with E-state index in [0.717, 1.165) is 12.7 Å². The average Bonchev–Trinajstić information content (AvgIpc) is 2.50. The zero-order valence-electron chi connectivity index (χ0n) is 14.2. The van der Waals surface area contributed by atoms with Crippen LogP contribution >= 0.6 is 0 Å². The number of ether oxygens (including phenoxy) is 1. The average molecular weight is 342 g/mol. The fourth-order valence-corrected chi connectivity index (χ4v) is 3.04. The number of hydrogen-bond acceptors (Lipinski definition) is 4. The predicted molar refractivity (Wildman–Crippen MR) is 92.3 cm³/mol. The van der Waals surface area contributed by atoms with Crippen LogP contribution in [0.1, 0.15) is 33.1 Å². The number of rotatable bonds is 9. The fraction of sp³-hybridized carbons (Fsp3) is 0.562. The molecule has 0 fully saturated rings. The molecule has 1 rings (SSSR count). The third-order valence-corrected chi connectivity index (χ3v) is 4.72. The summed E-state index contributed by atoms with van der Waals surface area (Å²) in [6.07, 6.45) is 2.77. The molecule has 0 radical (unpaired) electrons. The molecule has 0 aliphatic rings. The number of hydrogen-bond donors (Lipinski definition) is 1. The lowest BCUT2D eigenvalue weighted by atomic mass is 10.2. The first-order valence-corrected chi connectivity index (χ1v) is 9.54. The van der Waals surface area contributed by atoms with E-state index in [0.29, 0.717) is 24.3 Å². The van der Waals surface area contributed by atoms with Gasteiger partial charge in [-0.1, -0.05) is 13.0 Å². The number of carbonyl (C=O) groups excluding carboxylic acids is 1. The monoisotopic (exact) mass is 342 g/mol. The van der Waals surface area contributed by atoms with Crippen molar-refractivity contribution in [1.29, 1.82) is 0 Å². The SMILES string of the molecule is CC[C@@H](C)NC(=O)CCCN(c1cccc(OC)c1)S(C)(=O)=O. The van der Waals surface area contributed by atoms with Crippen molar-refractivity contribution in [3.63, 3.8) is 0 Å². The molecule has 0 heterocycles. The summed E-state index contributed by atoms with van der Waals surface area (Å²) in [7, 11) is -1.89. The number of anilines is 1. The maximum Gasteiger partial charge on any atom is 0.232 e. The first kappa shape index (κ1) is 19.3. The molecule has 1 aromatic carbocycles. The largest absolute Gasteiger partial charge is 0.497 e. The highest BCUT2D eigenvalue weighted by Crippen LogP contribution is 2.23. The highest BCUT2D eigenvalue weighted by Gasteiger charge is 2.18. The Balaban J connectivity index is 2.72. The number of nitrogens with zero attached hydrogens (tertiary/aromatic N) is 1. The van der Waals surface area contributed by atoms with E-state index in [2.05, 4.69) is 5.32 Å². The van der Waals surface area contributed by atoms with Crippen molar-refractivity contribution in [2.75, 3.05) is 24.2 Å². The Labute approximate surface area is 138 Å². The molecule has 0 saturated heterocycles. The molecule has 0 bridgehead atoms. The number of nitrogens with one attached hydrogen (secondary N) is 1. The van der Waals surface area contributed by atoms with Gasteiger partial charge in [0.25, 0.3) is 0 Å². The molecule has 1 N–H and O–H groups in total. The number of sulfonamides is 1. The summed E-state index contributed by atoms with van der Waals surface area (Å²) in [6.45, 7) is 4.19. The van der Waals surface area contributed by atoms with Gasteiger partial charge in [-0.25, -0.2) is 8.42 Å². The Bertz CT molecular complexity index is 616. The van der Waals surface area contributed by atoms with Gasteiger partial charge in [-0.3, -0.25) is 9.10 Å². The number of benzene rings is 1. The first-order chi connectivity index (χ1) is 10.8. The summed E-state index contributed by atoms with van der Waals surface area (Å²) in [6, 6.07) is 7.00. The zero-order valence-corrected chi connectivity index (χ0v) is 15.0. The van der Waals surface area contributed by atoms with E-state index in [-0.39, 0.29) is 18.5 Å². The molecule has 0 aromatic heterocycles. The molecular formula is C16H26N2O4S. The fourth-order valence-electron chi connectivity index (χ4n) is 2.08. The third kappa shape index (κ3) is 6.48. The van der Waals surface area contributed by atoms with E-state index >= 15 is 0 Å². The quantitative estimate of drug-likeness (QED) is 0.746. The van der Waals surface area contributed by atoms with Crippen LogP contribution in [0.25, 0.3) is 0 Å². The van der Waals surface area contributed by atoms with Gasteiger partial charge < -0.3 is 10.1 Å². The lowest BCUT2D eigenvalue weighted by molar-refractivity contribution is -0.121. The van der Waals surface area contributed by atoms with Crippen LogP contribution < -0.4 is 14.4 Å². The van der Waals surface area contributed by atoms with Crippen molar-refractivity contribution in [2.45, 2.75) is 39.2 Å².